The summed E-state index contributed by atoms with van der Waals surface area (Å²) < 4.78 is 18.6. The van der Waals surface area contributed by atoms with Crippen molar-refractivity contribution in [3.05, 3.63) is 29.6 Å². The molecule has 0 saturated carbocycles. The lowest BCUT2D eigenvalue weighted by Crippen LogP contribution is -2.35. The van der Waals surface area contributed by atoms with Crippen LogP contribution in [0.25, 0.3) is 0 Å². The van der Waals surface area contributed by atoms with Gasteiger partial charge in [0, 0.05) is 12.1 Å². The molecule has 1 rings (SSSR count). The van der Waals surface area contributed by atoms with E-state index < -0.39 is 0 Å². The van der Waals surface area contributed by atoms with Crippen molar-refractivity contribution in [3.63, 3.8) is 0 Å². The first-order valence-electron chi connectivity index (χ1n) is 5.58. The minimum absolute atomic E-state index is 0.0368. The van der Waals surface area contributed by atoms with Crippen molar-refractivity contribution in [2.75, 3.05) is 6.61 Å². The first kappa shape index (κ1) is 13.0. The first-order chi connectivity index (χ1) is 7.42. The molecule has 0 aliphatic carbocycles. The molecule has 90 valence electrons. The Balaban J connectivity index is 2.66. The molecule has 16 heavy (non-hydrogen) atoms. The summed E-state index contributed by atoms with van der Waals surface area (Å²) in [6.07, 6.45) is 0. The third-order valence-electron chi connectivity index (χ3n) is 2.12. The fraction of sp³-hybridized carbons (Fsp3) is 0.538. The van der Waals surface area contributed by atoms with E-state index in [9.17, 15) is 4.39 Å². The smallest absolute Gasteiger partial charge is 0.165 e. The quantitative estimate of drug-likeness (QED) is 0.850. The van der Waals surface area contributed by atoms with Crippen molar-refractivity contribution in [1.29, 1.82) is 0 Å². The summed E-state index contributed by atoms with van der Waals surface area (Å²) in [4.78, 5) is 0. The molecule has 0 unspecified atom stereocenters. The van der Waals surface area contributed by atoms with Crippen LogP contribution in [0.4, 0.5) is 4.39 Å². The molecule has 1 aromatic rings. The summed E-state index contributed by atoms with van der Waals surface area (Å²) >= 11 is 0. The van der Waals surface area contributed by atoms with Gasteiger partial charge in [-0.3, -0.25) is 0 Å². The number of rotatable bonds is 4. The van der Waals surface area contributed by atoms with Crippen molar-refractivity contribution in [1.82, 2.24) is 5.32 Å². The Morgan fingerprint density at radius 3 is 2.50 bits per heavy atom. The maximum absolute atomic E-state index is 13.5. The highest BCUT2D eigenvalue weighted by Crippen LogP contribution is 2.18. The van der Waals surface area contributed by atoms with Gasteiger partial charge < -0.3 is 10.1 Å². The Bertz CT molecular complexity index is 344. The van der Waals surface area contributed by atoms with Gasteiger partial charge in [0.1, 0.15) is 0 Å². The molecular weight excluding hydrogens is 205 g/mol. The van der Waals surface area contributed by atoms with Crippen LogP contribution in [-0.4, -0.2) is 12.1 Å². The fourth-order valence-corrected chi connectivity index (χ4v) is 1.29. The summed E-state index contributed by atoms with van der Waals surface area (Å²) in [6, 6.07) is 5.08. The standard InChI is InChI=1S/C13H20FNO/c1-5-16-12-7-6-10(8-11(12)14)9-15-13(2,3)4/h6-8,15H,5,9H2,1-4H3. The van der Waals surface area contributed by atoms with Crippen LogP contribution in [0.2, 0.25) is 0 Å². The molecule has 0 heterocycles. The predicted molar refractivity (Wildman–Crippen MR) is 64.2 cm³/mol. The lowest BCUT2D eigenvalue weighted by molar-refractivity contribution is 0.321. The second-order valence-corrected chi connectivity index (χ2v) is 4.80. The molecule has 0 aromatic heterocycles. The Labute approximate surface area is 96.8 Å². The molecule has 0 bridgehead atoms. The van der Waals surface area contributed by atoms with Crippen LogP contribution in [0, 0.1) is 5.82 Å². The average Bonchev–Trinajstić information content (AvgIpc) is 2.18. The van der Waals surface area contributed by atoms with Crippen LogP contribution in [0.1, 0.15) is 33.3 Å². The zero-order valence-electron chi connectivity index (χ0n) is 10.4. The molecule has 1 N–H and O–H groups in total. The van der Waals surface area contributed by atoms with Crippen LogP contribution in [0.15, 0.2) is 18.2 Å². The zero-order chi connectivity index (χ0) is 12.2. The largest absolute Gasteiger partial charge is 0.491 e. The van der Waals surface area contributed by atoms with E-state index in [2.05, 4.69) is 26.1 Å². The van der Waals surface area contributed by atoms with Gasteiger partial charge in [-0.1, -0.05) is 6.07 Å². The Morgan fingerprint density at radius 1 is 1.31 bits per heavy atom. The Hall–Kier alpha value is -1.09. The van der Waals surface area contributed by atoms with Gasteiger partial charge in [-0.15, -0.1) is 0 Å². The third-order valence-corrected chi connectivity index (χ3v) is 2.12. The molecule has 0 atom stereocenters. The summed E-state index contributed by atoms with van der Waals surface area (Å²) in [5.74, 6) is 0.0251. The maximum atomic E-state index is 13.5. The molecule has 0 saturated heterocycles. The number of ether oxygens (including phenoxy) is 1. The minimum atomic E-state index is -0.296. The molecular formula is C13H20FNO. The van der Waals surface area contributed by atoms with E-state index >= 15 is 0 Å². The van der Waals surface area contributed by atoms with Crippen LogP contribution in [0.5, 0.6) is 5.75 Å². The van der Waals surface area contributed by atoms with Gasteiger partial charge in [-0.05, 0) is 45.4 Å². The number of nitrogens with one attached hydrogen (secondary N) is 1. The molecule has 0 aliphatic heterocycles. The lowest BCUT2D eigenvalue weighted by atomic mass is 10.1. The number of halogens is 1. The van der Waals surface area contributed by atoms with Crippen molar-refractivity contribution in [2.45, 2.75) is 39.8 Å². The third kappa shape index (κ3) is 4.19. The topological polar surface area (TPSA) is 21.3 Å². The van der Waals surface area contributed by atoms with Crippen molar-refractivity contribution in [2.24, 2.45) is 0 Å². The summed E-state index contributed by atoms with van der Waals surface area (Å²) in [5.41, 5.74) is 0.964. The van der Waals surface area contributed by atoms with Gasteiger partial charge in [0.15, 0.2) is 11.6 Å². The normalized spacial score (nSPS) is 11.6. The van der Waals surface area contributed by atoms with Crippen LogP contribution >= 0.6 is 0 Å². The molecule has 1 aromatic carbocycles. The summed E-state index contributed by atoms with van der Waals surface area (Å²) in [6.45, 7) is 9.23. The Morgan fingerprint density at radius 2 is 2.00 bits per heavy atom. The Kier molecular flexibility index (Phi) is 4.30. The van der Waals surface area contributed by atoms with Gasteiger partial charge >= 0.3 is 0 Å². The van der Waals surface area contributed by atoms with Gasteiger partial charge in [0.25, 0.3) is 0 Å². The molecule has 0 spiro atoms. The number of hydrogen-bond donors (Lipinski definition) is 1. The monoisotopic (exact) mass is 225 g/mol. The van der Waals surface area contributed by atoms with E-state index in [1.807, 2.05) is 13.0 Å². The second kappa shape index (κ2) is 5.30. The zero-order valence-corrected chi connectivity index (χ0v) is 10.4. The highest BCUT2D eigenvalue weighted by atomic mass is 19.1. The lowest BCUT2D eigenvalue weighted by Gasteiger charge is -2.20. The van der Waals surface area contributed by atoms with Gasteiger partial charge in [0.2, 0.25) is 0 Å². The highest BCUT2D eigenvalue weighted by Gasteiger charge is 2.09. The number of benzene rings is 1. The van der Waals surface area contributed by atoms with Crippen LogP contribution < -0.4 is 10.1 Å². The van der Waals surface area contributed by atoms with Gasteiger partial charge in [-0.25, -0.2) is 4.39 Å². The van der Waals surface area contributed by atoms with E-state index in [4.69, 9.17) is 4.74 Å². The first-order valence-corrected chi connectivity index (χ1v) is 5.58. The maximum Gasteiger partial charge on any atom is 0.165 e. The minimum Gasteiger partial charge on any atom is -0.491 e. The van der Waals surface area contributed by atoms with Crippen molar-refractivity contribution in [3.8, 4) is 5.75 Å². The van der Waals surface area contributed by atoms with Crippen molar-refractivity contribution < 1.29 is 9.13 Å². The van der Waals surface area contributed by atoms with Crippen LogP contribution in [-0.2, 0) is 6.54 Å². The van der Waals surface area contributed by atoms with Gasteiger partial charge in [0.05, 0.1) is 6.61 Å². The summed E-state index contributed by atoms with van der Waals surface area (Å²) in [7, 11) is 0. The number of hydrogen-bond acceptors (Lipinski definition) is 2. The van der Waals surface area contributed by atoms with Crippen LogP contribution in [0.3, 0.4) is 0 Å². The highest BCUT2D eigenvalue weighted by molar-refractivity contribution is 5.29. The van der Waals surface area contributed by atoms with Crippen molar-refractivity contribution >= 4 is 0 Å². The molecule has 3 heteroatoms. The van der Waals surface area contributed by atoms with E-state index in [0.29, 0.717) is 18.9 Å². The fourth-order valence-electron chi connectivity index (χ4n) is 1.29. The summed E-state index contributed by atoms with van der Waals surface area (Å²) in [5, 5.41) is 3.31. The molecule has 0 aliphatic rings. The molecule has 0 fully saturated rings. The van der Waals surface area contributed by atoms with E-state index in [1.54, 1.807) is 6.07 Å². The van der Waals surface area contributed by atoms with E-state index in [-0.39, 0.29) is 11.4 Å². The molecule has 2 nitrogen and oxygen atoms in total. The second-order valence-electron chi connectivity index (χ2n) is 4.80. The van der Waals surface area contributed by atoms with E-state index in [0.717, 1.165) is 5.56 Å². The predicted octanol–water partition coefficient (Wildman–Crippen LogP) is 3.11. The molecule has 0 radical (unpaired) electrons. The SMILES string of the molecule is CCOc1ccc(CNC(C)(C)C)cc1F. The van der Waals surface area contributed by atoms with Gasteiger partial charge in [-0.2, -0.15) is 0 Å². The average molecular weight is 225 g/mol. The molecule has 0 amide bonds. The van der Waals surface area contributed by atoms with E-state index in [1.165, 1.54) is 6.07 Å².